The molecule has 2 atom stereocenters. The van der Waals surface area contributed by atoms with Crippen LogP contribution in [0.5, 0.6) is 0 Å². The van der Waals surface area contributed by atoms with Crippen molar-refractivity contribution in [1.29, 1.82) is 0 Å². The van der Waals surface area contributed by atoms with Gasteiger partial charge in [0.25, 0.3) is 0 Å². The van der Waals surface area contributed by atoms with Crippen molar-refractivity contribution in [3.05, 3.63) is 11.7 Å². The van der Waals surface area contributed by atoms with Gasteiger partial charge in [0.2, 0.25) is 11.7 Å². The molecule has 0 aromatic carbocycles. The van der Waals surface area contributed by atoms with Gasteiger partial charge in [-0.05, 0) is 20.8 Å². The van der Waals surface area contributed by atoms with Crippen LogP contribution in [0.3, 0.4) is 0 Å². The number of ether oxygens (including phenoxy) is 1. The van der Waals surface area contributed by atoms with Crippen LogP contribution < -0.4 is 0 Å². The van der Waals surface area contributed by atoms with Crippen molar-refractivity contribution < 1.29 is 14.4 Å². The molecule has 1 N–H and O–H groups in total. The minimum absolute atomic E-state index is 0.168. The summed E-state index contributed by atoms with van der Waals surface area (Å²) in [5.74, 6) is 0.761. The third-order valence-corrected chi connectivity index (χ3v) is 2.60. The molecule has 0 saturated carbocycles. The Balaban J connectivity index is 2.90. The normalized spacial score (nSPS) is 16.4. The van der Waals surface area contributed by atoms with Gasteiger partial charge in [0, 0.05) is 7.11 Å². The molecule has 86 valence electrons. The van der Waals surface area contributed by atoms with Crippen molar-refractivity contribution in [3.8, 4) is 0 Å². The molecule has 0 fully saturated rings. The molecule has 0 aliphatic rings. The minimum Gasteiger partial charge on any atom is -0.393 e. The fourth-order valence-corrected chi connectivity index (χ4v) is 0.962. The summed E-state index contributed by atoms with van der Waals surface area (Å²) in [5, 5.41) is 13.2. The summed E-state index contributed by atoms with van der Waals surface area (Å²) in [6, 6.07) is 0. The van der Waals surface area contributed by atoms with Gasteiger partial charge in [-0.1, -0.05) is 12.1 Å². The number of aliphatic hydroxyl groups excluding tert-OH is 1. The summed E-state index contributed by atoms with van der Waals surface area (Å²) in [6.07, 6.45) is -0.510. The SMILES string of the molecule is COC(C)(C)c1noc(C(C)C(C)O)n1. The zero-order valence-electron chi connectivity index (χ0n) is 9.81. The zero-order chi connectivity index (χ0) is 11.6. The second-order valence-electron chi connectivity index (χ2n) is 4.20. The molecule has 0 bridgehead atoms. The first-order valence-electron chi connectivity index (χ1n) is 4.95. The van der Waals surface area contributed by atoms with Gasteiger partial charge in [-0.2, -0.15) is 4.98 Å². The van der Waals surface area contributed by atoms with Gasteiger partial charge < -0.3 is 14.4 Å². The van der Waals surface area contributed by atoms with Crippen LogP contribution in [0.15, 0.2) is 4.52 Å². The number of methoxy groups -OCH3 is 1. The fourth-order valence-electron chi connectivity index (χ4n) is 0.962. The average Bonchev–Trinajstić information content (AvgIpc) is 2.65. The van der Waals surface area contributed by atoms with E-state index in [4.69, 9.17) is 9.26 Å². The number of nitrogens with zero attached hydrogens (tertiary/aromatic N) is 2. The predicted octanol–water partition coefficient (Wildman–Crippen LogP) is 1.44. The molecule has 1 aromatic rings. The van der Waals surface area contributed by atoms with Crippen LogP contribution in [0.4, 0.5) is 0 Å². The van der Waals surface area contributed by atoms with Crippen molar-refractivity contribution in [1.82, 2.24) is 10.1 Å². The lowest BCUT2D eigenvalue weighted by atomic mass is 10.1. The van der Waals surface area contributed by atoms with E-state index in [0.29, 0.717) is 11.7 Å². The Kier molecular flexibility index (Phi) is 3.46. The Hall–Kier alpha value is -0.940. The van der Waals surface area contributed by atoms with Crippen molar-refractivity contribution in [2.45, 2.75) is 45.3 Å². The van der Waals surface area contributed by atoms with E-state index in [9.17, 15) is 5.11 Å². The summed E-state index contributed by atoms with van der Waals surface area (Å²) >= 11 is 0. The van der Waals surface area contributed by atoms with E-state index in [1.54, 1.807) is 14.0 Å². The molecule has 0 radical (unpaired) electrons. The van der Waals surface area contributed by atoms with E-state index < -0.39 is 11.7 Å². The molecule has 5 nitrogen and oxygen atoms in total. The molecule has 0 aliphatic heterocycles. The largest absolute Gasteiger partial charge is 0.393 e. The zero-order valence-corrected chi connectivity index (χ0v) is 9.81. The number of hydrogen-bond donors (Lipinski definition) is 1. The molecule has 0 aliphatic carbocycles. The second-order valence-corrected chi connectivity index (χ2v) is 4.20. The Morgan fingerprint density at radius 1 is 1.40 bits per heavy atom. The third kappa shape index (κ3) is 2.54. The summed E-state index contributed by atoms with van der Waals surface area (Å²) in [4.78, 5) is 4.21. The van der Waals surface area contributed by atoms with E-state index in [-0.39, 0.29) is 5.92 Å². The van der Waals surface area contributed by atoms with Gasteiger partial charge in [-0.3, -0.25) is 0 Å². The summed E-state index contributed by atoms with van der Waals surface area (Å²) < 4.78 is 10.3. The van der Waals surface area contributed by atoms with Gasteiger partial charge in [0.1, 0.15) is 5.60 Å². The maximum Gasteiger partial charge on any atom is 0.232 e. The highest BCUT2D eigenvalue weighted by Crippen LogP contribution is 2.24. The molecule has 15 heavy (non-hydrogen) atoms. The molecule has 1 aromatic heterocycles. The number of aromatic nitrogens is 2. The Morgan fingerprint density at radius 3 is 2.47 bits per heavy atom. The molecular formula is C10H18N2O3. The number of aliphatic hydroxyl groups is 1. The van der Waals surface area contributed by atoms with Crippen molar-refractivity contribution >= 4 is 0 Å². The Labute approximate surface area is 89.4 Å². The molecule has 1 heterocycles. The topological polar surface area (TPSA) is 68.4 Å². The van der Waals surface area contributed by atoms with Crippen LogP contribution in [-0.2, 0) is 10.3 Å². The highest BCUT2D eigenvalue weighted by molar-refractivity contribution is 5.00. The van der Waals surface area contributed by atoms with Crippen LogP contribution in [0.1, 0.15) is 45.3 Å². The Bertz CT molecular complexity index is 320. The van der Waals surface area contributed by atoms with Gasteiger partial charge in [-0.15, -0.1) is 0 Å². The maximum atomic E-state index is 9.38. The quantitative estimate of drug-likeness (QED) is 0.821. The third-order valence-electron chi connectivity index (χ3n) is 2.60. The lowest BCUT2D eigenvalue weighted by molar-refractivity contribution is 0.00973. The van der Waals surface area contributed by atoms with Crippen LogP contribution in [0, 0.1) is 0 Å². The van der Waals surface area contributed by atoms with Crippen molar-refractivity contribution in [2.24, 2.45) is 0 Å². The molecule has 1 rings (SSSR count). The molecule has 0 spiro atoms. The predicted molar refractivity (Wildman–Crippen MR) is 54.4 cm³/mol. The number of rotatable bonds is 4. The highest BCUT2D eigenvalue weighted by Gasteiger charge is 2.28. The van der Waals surface area contributed by atoms with Gasteiger partial charge in [0.05, 0.1) is 12.0 Å². The van der Waals surface area contributed by atoms with E-state index in [2.05, 4.69) is 10.1 Å². The minimum atomic E-state index is -0.569. The Morgan fingerprint density at radius 2 is 2.00 bits per heavy atom. The van der Waals surface area contributed by atoms with Crippen molar-refractivity contribution in [2.75, 3.05) is 7.11 Å². The fraction of sp³-hybridized carbons (Fsp3) is 0.800. The van der Waals surface area contributed by atoms with E-state index >= 15 is 0 Å². The molecule has 0 saturated heterocycles. The van der Waals surface area contributed by atoms with Gasteiger partial charge >= 0.3 is 0 Å². The molecular weight excluding hydrogens is 196 g/mol. The number of hydrogen-bond acceptors (Lipinski definition) is 5. The average molecular weight is 214 g/mol. The summed E-state index contributed by atoms with van der Waals surface area (Å²) in [7, 11) is 1.59. The highest BCUT2D eigenvalue weighted by atomic mass is 16.5. The van der Waals surface area contributed by atoms with Crippen LogP contribution in [0.25, 0.3) is 0 Å². The smallest absolute Gasteiger partial charge is 0.232 e. The lowest BCUT2D eigenvalue weighted by Crippen LogP contribution is -2.21. The first-order valence-corrected chi connectivity index (χ1v) is 4.95. The molecule has 2 unspecified atom stereocenters. The van der Waals surface area contributed by atoms with Gasteiger partial charge in [-0.25, -0.2) is 0 Å². The standard InChI is InChI=1S/C10H18N2O3/c1-6(7(2)13)8-11-9(12-15-8)10(3,4)14-5/h6-7,13H,1-5H3. The first kappa shape index (κ1) is 12.1. The maximum absolute atomic E-state index is 9.38. The van der Waals surface area contributed by atoms with Crippen LogP contribution in [0.2, 0.25) is 0 Å². The summed E-state index contributed by atoms with van der Waals surface area (Å²) in [5.41, 5.74) is -0.569. The monoisotopic (exact) mass is 214 g/mol. The first-order chi connectivity index (χ1) is 6.88. The summed E-state index contributed by atoms with van der Waals surface area (Å²) in [6.45, 7) is 7.24. The second kappa shape index (κ2) is 4.28. The molecule has 5 heteroatoms. The van der Waals surface area contributed by atoms with E-state index in [1.165, 1.54) is 0 Å². The van der Waals surface area contributed by atoms with E-state index in [0.717, 1.165) is 0 Å². The van der Waals surface area contributed by atoms with Crippen LogP contribution >= 0.6 is 0 Å². The van der Waals surface area contributed by atoms with Crippen LogP contribution in [-0.4, -0.2) is 28.5 Å². The lowest BCUT2D eigenvalue weighted by Gasteiger charge is -2.17. The van der Waals surface area contributed by atoms with Gasteiger partial charge in [0.15, 0.2) is 0 Å². The van der Waals surface area contributed by atoms with Crippen molar-refractivity contribution in [3.63, 3.8) is 0 Å². The molecule has 0 amide bonds. The van der Waals surface area contributed by atoms with E-state index in [1.807, 2.05) is 20.8 Å².